The van der Waals surface area contributed by atoms with Crippen LogP contribution >= 0.6 is 11.6 Å². The summed E-state index contributed by atoms with van der Waals surface area (Å²) in [5.41, 5.74) is 8.82. The van der Waals surface area contributed by atoms with Crippen LogP contribution in [0, 0.1) is 6.92 Å². The van der Waals surface area contributed by atoms with Crippen LogP contribution in [-0.4, -0.2) is 62.6 Å². The van der Waals surface area contributed by atoms with Crippen LogP contribution in [0.2, 0.25) is 0 Å². The van der Waals surface area contributed by atoms with E-state index in [1.165, 1.54) is 0 Å². The summed E-state index contributed by atoms with van der Waals surface area (Å²) >= 11 is 6.28. The number of amides is 1. The molecule has 5 heterocycles. The minimum Gasteiger partial charge on any atom is -0.355 e. The Bertz CT molecular complexity index is 963. The molecular formula is C22H32ClN7O. The molecule has 8 nitrogen and oxygen atoms in total. The molecule has 2 aromatic heterocycles. The molecule has 3 aliphatic heterocycles. The van der Waals surface area contributed by atoms with E-state index in [-0.39, 0.29) is 29.5 Å². The van der Waals surface area contributed by atoms with Crippen LogP contribution in [0.3, 0.4) is 0 Å². The van der Waals surface area contributed by atoms with Crippen LogP contribution in [-0.2, 0) is 4.79 Å². The van der Waals surface area contributed by atoms with Crippen molar-refractivity contribution in [2.75, 3.05) is 24.5 Å². The lowest BCUT2D eigenvalue weighted by molar-refractivity contribution is -0.138. The van der Waals surface area contributed by atoms with Crippen molar-refractivity contribution in [3.63, 3.8) is 0 Å². The number of rotatable bonds is 3. The number of halogens is 1. The number of nitrogens with two attached hydrogens (primary N) is 1. The molecule has 1 amide bonds. The molecule has 3 aliphatic rings. The molecule has 3 N–H and O–H groups in total. The molecule has 0 aromatic carbocycles. The van der Waals surface area contributed by atoms with Gasteiger partial charge in [-0.1, -0.05) is 0 Å². The van der Waals surface area contributed by atoms with E-state index in [2.05, 4.69) is 17.1 Å². The van der Waals surface area contributed by atoms with E-state index in [0.29, 0.717) is 0 Å². The quantitative estimate of drug-likeness (QED) is 0.556. The highest BCUT2D eigenvalue weighted by atomic mass is 35.5. The topological polar surface area (TPSA) is 91.8 Å². The molecule has 0 spiro atoms. The number of nitrogens with zero attached hydrogens (tertiary/aromatic N) is 5. The number of piperidine rings is 2. The van der Waals surface area contributed by atoms with Crippen molar-refractivity contribution in [2.24, 2.45) is 5.73 Å². The normalized spacial score (nSPS) is 29.6. The second-order valence-corrected chi connectivity index (χ2v) is 9.80. The number of carbonyl (C=O) groups excluding carboxylic acids is 1. The van der Waals surface area contributed by atoms with Gasteiger partial charge in [0, 0.05) is 43.5 Å². The van der Waals surface area contributed by atoms with Gasteiger partial charge in [0.05, 0.1) is 23.3 Å². The molecule has 0 saturated carbocycles. The SMILES string of the molecule is Cc1cn2nc([C@@H]3CCCCN3C(=O)C3CCCC(Cl)N3)cc2nc1N1CC[C@H](N)C1. The van der Waals surface area contributed by atoms with Crippen LogP contribution in [0.4, 0.5) is 5.82 Å². The highest BCUT2D eigenvalue weighted by molar-refractivity contribution is 6.20. The van der Waals surface area contributed by atoms with E-state index in [0.717, 1.165) is 87.3 Å². The van der Waals surface area contributed by atoms with Crippen LogP contribution < -0.4 is 16.0 Å². The van der Waals surface area contributed by atoms with Crippen molar-refractivity contribution in [3.05, 3.63) is 23.5 Å². The van der Waals surface area contributed by atoms with Crippen LogP contribution in [0.5, 0.6) is 0 Å². The van der Waals surface area contributed by atoms with Crippen molar-refractivity contribution < 1.29 is 4.79 Å². The molecule has 5 rings (SSSR count). The lowest BCUT2D eigenvalue weighted by Gasteiger charge is -2.38. The molecule has 3 fully saturated rings. The number of aryl methyl sites for hydroxylation is 1. The van der Waals surface area contributed by atoms with Gasteiger partial charge in [-0.05, 0) is 51.9 Å². The van der Waals surface area contributed by atoms with Gasteiger partial charge in [-0.3, -0.25) is 10.1 Å². The first-order chi connectivity index (χ1) is 15.0. The largest absolute Gasteiger partial charge is 0.355 e. The van der Waals surface area contributed by atoms with E-state index in [9.17, 15) is 4.79 Å². The number of nitrogens with one attached hydrogen (secondary N) is 1. The Morgan fingerprint density at radius 1 is 1.19 bits per heavy atom. The molecule has 2 aromatic rings. The number of alkyl halides is 1. The summed E-state index contributed by atoms with van der Waals surface area (Å²) in [6, 6.07) is 2.05. The van der Waals surface area contributed by atoms with E-state index in [4.69, 9.17) is 27.4 Å². The first-order valence-electron chi connectivity index (χ1n) is 11.6. The van der Waals surface area contributed by atoms with E-state index >= 15 is 0 Å². The summed E-state index contributed by atoms with van der Waals surface area (Å²) in [4.78, 5) is 22.5. The summed E-state index contributed by atoms with van der Waals surface area (Å²) in [7, 11) is 0. The Morgan fingerprint density at radius 2 is 2.06 bits per heavy atom. The maximum Gasteiger partial charge on any atom is 0.240 e. The van der Waals surface area contributed by atoms with Gasteiger partial charge in [-0.15, -0.1) is 11.6 Å². The Morgan fingerprint density at radius 3 is 2.84 bits per heavy atom. The Hall–Kier alpha value is -1.90. The third-order valence-electron chi connectivity index (χ3n) is 6.91. The number of aromatic nitrogens is 3. The van der Waals surface area contributed by atoms with Gasteiger partial charge in [-0.25, -0.2) is 9.50 Å². The number of likely N-dealkylation sites (tertiary alicyclic amines) is 1. The van der Waals surface area contributed by atoms with Gasteiger partial charge in [0.15, 0.2) is 5.65 Å². The number of anilines is 1. The van der Waals surface area contributed by atoms with Crippen molar-refractivity contribution in [1.29, 1.82) is 0 Å². The van der Waals surface area contributed by atoms with Gasteiger partial charge in [0.1, 0.15) is 5.82 Å². The lowest BCUT2D eigenvalue weighted by atomic mass is 9.96. The minimum absolute atomic E-state index is 0.00980. The summed E-state index contributed by atoms with van der Waals surface area (Å²) < 4.78 is 1.86. The highest BCUT2D eigenvalue weighted by Crippen LogP contribution is 2.33. The Balaban J connectivity index is 1.42. The third-order valence-corrected chi connectivity index (χ3v) is 7.25. The van der Waals surface area contributed by atoms with Crippen LogP contribution in [0.15, 0.2) is 12.3 Å². The Labute approximate surface area is 188 Å². The van der Waals surface area contributed by atoms with Crippen LogP contribution in [0.1, 0.15) is 62.2 Å². The average molecular weight is 446 g/mol. The predicted molar refractivity (Wildman–Crippen MR) is 121 cm³/mol. The molecular weight excluding hydrogens is 414 g/mol. The summed E-state index contributed by atoms with van der Waals surface area (Å²) in [5.74, 6) is 1.14. The molecule has 0 bridgehead atoms. The lowest BCUT2D eigenvalue weighted by Crippen LogP contribution is -2.52. The fourth-order valence-corrected chi connectivity index (χ4v) is 5.57. The molecule has 9 heteroatoms. The van der Waals surface area contributed by atoms with Gasteiger partial charge < -0.3 is 15.5 Å². The maximum atomic E-state index is 13.3. The molecule has 31 heavy (non-hydrogen) atoms. The zero-order valence-corrected chi connectivity index (χ0v) is 18.9. The van der Waals surface area contributed by atoms with E-state index in [1.54, 1.807) is 0 Å². The molecule has 0 aliphatic carbocycles. The number of fused-ring (bicyclic) bond motifs is 1. The van der Waals surface area contributed by atoms with Gasteiger partial charge in [0.25, 0.3) is 0 Å². The van der Waals surface area contributed by atoms with E-state index in [1.807, 2.05) is 21.7 Å². The third kappa shape index (κ3) is 4.13. The van der Waals surface area contributed by atoms with Gasteiger partial charge in [-0.2, -0.15) is 5.10 Å². The first-order valence-corrected chi connectivity index (χ1v) is 12.0. The van der Waals surface area contributed by atoms with Crippen molar-refractivity contribution in [2.45, 2.75) is 75.5 Å². The fourth-order valence-electron chi connectivity index (χ4n) is 5.27. The van der Waals surface area contributed by atoms with Crippen molar-refractivity contribution in [1.82, 2.24) is 24.8 Å². The van der Waals surface area contributed by atoms with Crippen molar-refractivity contribution >= 4 is 29.0 Å². The van der Waals surface area contributed by atoms with Crippen LogP contribution in [0.25, 0.3) is 5.65 Å². The number of hydrogen-bond donors (Lipinski definition) is 2. The van der Waals surface area contributed by atoms with E-state index < -0.39 is 0 Å². The standard InChI is InChI=1S/C22H32ClN7O/c1-14-12-30-20(26-21(14)28-10-8-15(24)13-28)11-17(27-30)18-6-2-3-9-29(18)22(31)16-5-4-7-19(23)25-16/h11-12,15-16,18-19,25H,2-10,13,24H2,1H3/t15-,16?,18-,19?/m0/s1. The summed E-state index contributed by atoms with van der Waals surface area (Å²) in [6.45, 7) is 4.62. The zero-order valence-electron chi connectivity index (χ0n) is 18.1. The molecule has 0 radical (unpaired) electrons. The maximum absolute atomic E-state index is 13.3. The van der Waals surface area contributed by atoms with Crippen molar-refractivity contribution in [3.8, 4) is 0 Å². The second kappa shape index (κ2) is 8.56. The minimum atomic E-state index is -0.194. The second-order valence-electron chi connectivity index (χ2n) is 9.28. The zero-order chi connectivity index (χ0) is 21.5. The summed E-state index contributed by atoms with van der Waals surface area (Å²) in [6.07, 6.45) is 8.84. The highest BCUT2D eigenvalue weighted by Gasteiger charge is 2.35. The average Bonchev–Trinajstić information content (AvgIpc) is 3.38. The number of carbonyl (C=O) groups is 1. The van der Waals surface area contributed by atoms with Gasteiger partial charge in [0.2, 0.25) is 5.91 Å². The molecule has 2 unspecified atom stereocenters. The first kappa shape index (κ1) is 21.0. The summed E-state index contributed by atoms with van der Waals surface area (Å²) in [5, 5.41) is 8.13. The monoisotopic (exact) mass is 445 g/mol. The van der Waals surface area contributed by atoms with Gasteiger partial charge >= 0.3 is 0 Å². The smallest absolute Gasteiger partial charge is 0.240 e. The fraction of sp³-hybridized carbons (Fsp3) is 0.682. The Kier molecular flexibility index (Phi) is 5.79. The molecule has 3 saturated heterocycles. The number of hydrogen-bond acceptors (Lipinski definition) is 6. The molecule has 168 valence electrons. The molecule has 4 atom stereocenters. The predicted octanol–water partition coefficient (Wildman–Crippen LogP) is 2.34.